The van der Waals surface area contributed by atoms with E-state index in [1.807, 2.05) is 20.8 Å². The van der Waals surface area contributed by atoms with Crippen LogP contribution in [0.1, 0.15) is 41.5 Å². The van der Waals surface area contributed by atoms with Gasteiger partial charge in [0.2, 0.25) is 0 Å². The zero-order valence-corrected chi connectivity index (χ0v) is 12.1. The summed E-state index contributed by atoms with van der Waals surface area (Å²) in [4.78, 5) is 0. The summed E-state index contributed by atoms with van der Waals surface area (Å²) in [7, 11) is -3.10. The fraction of sp³-hybridized carbons (Fsp3) is 0.818. The van der Waals surface area contributed by atoms with Crippen molar-refractivity contribution < 1.29 is 13.6 Å². The third kappa shape index (κ3) is 5.69. The molecule has 0 amide bonds. The van der Waals surface area contributed by atoms with Crippen LogP contribution in [-0.2, 0) is 13.6 Å². The van der Waals surface area contributed by atoms with Crippen LogP contribution < -0.4 is 5.32 Å². The van der Waals surface area contributed by atoms with Crippen molar-refractivity contribution in [2.45, 2.75) is 47.1 Å². The number of hydrogen-bond acceptors (Lipinski definition) is 4. The molecule has 5 heteroatoms. The molecular formula is C11H24NO3P. The van der Waals surface area contributed by atoms with E-state index in [1.54, 1.807) is 27.0 Å². The summed E-state index contributed by atoms with van der Waals surface area (Å²) in [5.74, 6) is 0. The van der Waals surface area contributed by atoms with Gasteiger partial charge in [0.15, 0.2) is 0 Å². The van der Waals surface area contributed by atoms with Crippen LogP contribution in [0.2, 0.25) is 0 Å². The molecule has 0 aromatic rings. The van der Waals surface area contributed by atoms with Crippen molar-refractivity contribution in [3.05, 3.63) is 11.5 Å². The van der Waals surface area contributed by atoms with Gasteiger partial charge in [-0.2, -0.15) is 0 Å². The summed E-state index contributed by atoms with van der Waals surface area (Å²) < 4.78 is 22.7. The Labute approximate surface area is 98.9 Å². The van der Waals surface area contributed by atoms with Gasteiger partial charge in [-0.1, -0.05) is 0 Å². The fourth-order valence-corrected chi connectivity index (χ4v) is 2.37. The first-order valence-electron chi connectivity index (χ1n) is 5.59. The molecular weight excluding hydrogens is 225 g/mol. The summed E-state index contributed by atoms with van der Waals surface area (Å²) in [5.41, 5.74) is -0.0650. The van der Waals surface area contributed by atoms with Crippen molar-refractivity contribution in [2.24, 2.45) is 0 Å². The third-order valence-electron chi connectivity index (χ3n) is 1.74. The first-order chi connectivity index (χ1) is 7.25. The largest absolute Gasteiger partial charge is 0.386 e. The van der Waals surface area contributed by atoms with Crippen LogP contribution in [0.5, 0.6) is 0 Å². The number of nitrogens with one attached hydrogen (secondary N) is 1. The van der Waals surface area contributed by atoms with Gasteiger partial charge >= 0.3 is 7.60 Å². The SMILES string of the molecule is CCOP(=O)(OCC)/C(C)=C/NC(C)(C)C. The molecule has 0 heterocycles. The molecule has 0 atom stereocenters. The van der Waals surface area contributed by atoms with Crippen LogP contribution >= 0.6 is 7.60 Å². The lowest BCUT2D eigenvalue weighted by atomic mass is 10.1. The van der Waals surface area contributed by atoms with Gasteiger partial charge in [0, 0.05) is 11.7 Å². The minimum absolute atomic E-state index is 0.0650. The van der Waals surface area contributed by atoms with Crippen molar-refractivity contribution in [3.63, 3.8) is 0 Å². The van der Waals surface area contributed by atoms with Gasteiger partial charge in [0.25, 0.3) is 0 Å². The maximum atomic E-state index is 12.3. The highest BCUT2D eigenvalue weighted by atomic mass is 31.2. The lowest BCUT2D eigenvalue weighted by molar-refractivity contribution is 0.226. The minimum Gasteiger partial charge on any atom is -0.386 e. The molecule has 16 heavy (non-hydrogen) atoms. The predicted octanol–water partition coefficient (Wildman–Crippen LogP) is 3.50. The number of rotatable bonds is 6. The Bertz CT molecular complexity index is 271. The van der Waals surface area contributed by atoms with E-state index < -0.39 is 7.60 Å². The predicted molar refractivity (Wildman–Crippen MR) is 67.5 cm³/mol. The van der Waals surface area contributed by atoms with Crippen LogP contribution in [0.3, 0.4) is 0 Å². The Balaban J connectivity index is 4.74. The molecule has 4 nitrogen and oxygen atoms in total. The topological polar surface area (TPSA) is 47.6 Å². The molecule has 0 aliphatic heterocycles. The molecule has 0 saturated heterocycles. The van der Waals surface area contributed by atoms with Gasteiger partial charge in [-0.15, -0.1) is 0 Å². The highest BCUT2D eigenvalue weighted by Gasteiger charge is 2.26. The van der Waals surface area contributed by atoms with E-state index in [4.69, 9.17) is 9.05 Å². The molecule has 0 unspecified atom stereocenters. The fourth-order valence-electron chi connectivity index (χ4n) is 0.981. The zero-order chi connectivity index (χ0) is 12.8. The maximum Gasteiger partial charge on any atom is 0.358 e. The van der Waals surface area contributed by atoms with E-state index in [0.29, 0.717) is 18.5 Å². The molecule has 0 aromatic heterocycles. The van der Waals surface area contributed by atoms with E-state index in [1.165, 1.54) is 0 Å². The summed E-state index contributed by atoms with van der Waals surface area (Å²) in [6.07, 6.45) is 1.71. The van der Waals surface area contributed by atoms with Gasteiger partial charge in [-0.05, 0) is 41.5 Å². The molecule has 0 fully saturated rings. The van der Waals surface area contributed by atoms with Gasteiger partial charge < -0.3 is 14.4 Å². The van der Waals surface area contributed by atoms with Crippen LogP contribution in [0.25, 0.3) is 0 Å². The second kappa shape index (κ2) is 6.43. The zero-order valence-electron chi connectivity index (χ0n) is 11.2. The Kier molecular flexibility index (Phi) is 6.31. The Hall–Kier alpha value is -0.310. The van der Waals surface area contributed by atoms with E-state index >= 15 is 0 Å². The standard InChI is InChI=1S/C11H24NO3P/c1-7-14-16(13,15-8-2)10(3)9-12-11(4,5)6/h9,12H,7-8H2,1-6H3/b10-9+. The number of hydrogen-bond donors (Lipinski definition) is 1. The molecule has 1 N–H and O–H groups in total. The summed E-state index contributed by atoms with van der Waals surface area (Å²) in [6.45, 7) is 12.2. The highest BCUT2D eigenvalue weighted by Crippen LogP contribution is 2.55. The molecule has 0 bridgehead atoms. The smallest absolute Gasteiger partial charge is 0.358 e. The number of allylic oxidation sites excluding steroid dienone is 1. The average molecular weight is 249 g/mol. The van der Waals surface area contributed by atoms with Crippen molar-refractivity contribution >= 4 is 7.60 Å². The maximum absolute atomic E-state index is 12.3. The second-order valence-corrected chi connectivity index (χ2v) is 6.73. The van der Waals surface area contributed by atoms with Crippen LogP contribution in [-0.4, -0.2) is 18.8 Å². The van der Waals surface area contributed by atoms with Gasteiger partial charge in [0.05, 0.1) is 18.5 Å². The molecule has 0 aromatic carbocycles. The van der Waals surface area contributed by atoms with Crippen molar-refractivity contribution in [1.29, 1.82) is 0 Å². The highest BCUT2D eigenvalue weighted by molar-refractivity contribution is 7.58. The lowest BCUT2D eigenvalue weighted by Crippen LogP contribution is -2.31. The monoisotopic (exact) mass is 249 g/mol. The van der Waals surface area contributed by atoms with Crippen LogP contribution in [0.15, 0.2) is 11.5 Å². The van der Waals surface area contributed by atoms with Gasteiger partial charge in [-0.3, -0.25) is 4.57 Å². The quantitative estimate of drug-likeness (QED) is 0.732. The van der Waals surface area contributed by atoms with E-state index in [2.05, 4.69) is 5.32 Å². The molecule has 0 spiro atoms. The van der Waals surface area contributed by atoms with Gasteiger partial charge in [0.1, 0.15) is 0 Å². The van der Waals surface area contributed by atoms with Crippen molar-refractivity contribution in [3.8, 4) is 0 Å². The van der Waals surface area contributed by atoms with E-state index in [-0.39, 0.29) is 5.54 Å². The molecule has 96 valence electrons. The van der Waals surface area contributed by atoms with Crippen LogP contribution in [0, 0.1) is 0 Å². The van der Waals surface area contributed by atoms with Crippen molar-refractivity contribution in [2.75, 3.05) is 13.2 Å². The molecule has 0 aliphatic carbocycles. The summed E-state index contributed by atoms with van der Waals surface area (Å²) >= 11 is 0. The lowest BCUT2D eigenvalue weighted by Gasteiger charge is -2.22. The molecule has 0 rings (SSSR count). The first-order valence-corrected chi connectivity index (χ1v) is 7.13. The molecule has 0 saturated carbocycles. The van der Waals surface area contributed by atoms with Crippen LogP contribution in [0.4, 0.5) is 0 Å². The second-order valence-electron chi connectivity index (χ2n) is 4.51. The normalized spacial score (nSPS) is 14.0. The molecule has 0 radical (unpaired) electrons. The Morgan fingerprint density at radius 3 is 2.00 bits per heavy atom. The summed E-state index contributed by atoms with van der Waals surface area (Å²) in [6, 6.07) is 0. The Morgan fingerprint density at radius 2 is 1.69 bits per heavy atom. The average Bonchev–Trinajstić information content (AvgIpc) is 2.13. The van der Waals surface area contributed by atoms with E-state index in [0.717, 1.165) is 0 Å². The first kappa shape index (κ1) is 15.7. The Morgan fingerprint density at radius 1 is 1.25 bits per heavy atom. The van der Waals surface area contributed by atoms with Gasteiger partial charge in [-0.25, -0.2) is 0 Å². The third-order valence-corrected chi connectivity index (χ3v) is 3.93. The minimum atomic E-state index is -3.10. The molecule has 0 aliphatic rings. The summed E-state index contributed by atoms with van der Waals surface area (Å²) in [5, 5.41) is 3.75. The van der Waals surface area contributed by atoms with Crippen molar-refractivity contribution in [1.82, 2.24) is 5.32 Å². The van der Waals surface area contributed by atoms with E-state index in [9.17, 15) is 4.57 Å².